The van der Waals surface area contributed by atoms with Gasteiger partial charge in [-0.2, -0.15) is 0 Å². The van der Waals surface area contributed by atoms with Crippen LogP contribution in [0.1, 0.15) is 32.9 Å². The van der Waals surface area contributed by atoms with E-state index in [0.717, 1.165) is 28.3 Å². The zero-order valence-corrected chi connectivity index (χ0v) is 18.9. The van der Waals surface area contributed by atoms with E-state index in [-0.39, 0.29) is 5.91 Å². The Balaban J connectivity index is 1.42. The molecule has 0 fully saturated rings. The number of aromatic nitrogens is 2. The van der Waals surface area contributed by atoms with E-state index in [9.17, 15) is 4.79 Å². The third-order valence-corrected chi connectivity index (χ3v) is 5.92. The largest absolute Gasteiger partial charge is 0.457 e. The first kappa shape index (κ1) is 21.6. The number of aryl methyl sites for hydroxylation is 3. The van der Waals surface area contributed by atoms with E-state index in [1.54, 1.807) is 18.3 Å². The van der Waals surface area contributed by atoms with Crippen LogP contribution in [-0.2, 0) is 5.75 Å². The Bertz CT molecular complexity index is 1220. The number of thioether (sulfide) groups is 1. The number of anilines is 1. The summed E-state index contributed by atoms with van der Waals surface area (Å²) in [4.78, 5) is 17.3. The summed E-state index contributed by atoms with van der Waals surface area (Å²) < 4.78 is 11.1. The van der Waals surface area contributed by atoms with Gasteiger partial charge in [0.2, 0.25) is 0 Å². The van der Waals surface area contributed by atoms with Crippen LogP contribution in [-0.4, -0.2) is 16.0 Å². The van der Waals surface area contributed by atoms with E-state index in [1.165, 1.54) is 11.8 Å². The van der Waals surface area contributed by atoms with Crippen LogP contribution in [0.15, 0.2) is 76.4 Å². The topological polar surface area (TPSA) is 77.2 Å². The number of carbonyl (C=O) groups excluding carboxylic acids is 1. The van der Waals surface area contributed by atoms with Crippen LogP contribution < -0.4 is 10.1 Å². The van der Waals surface area contributed by atoms with Crippen molar-refractivity contribution in [2.24, 2.45) is 0 Å². The zero-order valence-electron chi connectivity index (χ0n) is 18.1. The number of hydrogen-bond acceptors (Lipinski definition) is 6. The third-order valence-electron chi connectivity index (χ3n) is 4.89. The summed E-state index contributed by atoms with van der Waals surface area (Å²) >= 11 is 1.48. The second-order valence-corrected chi connectivity index (χ2v) is 8.31. The van der Waals surface area contributed by atoms with Gasteiger partial charge in [0.15, 0.2) is 0 Å². The van der Waals surface area contributed by atoms with E-state index >= 15 is 0 Å². The number of ether oxygens (including phenoxy) is 1. The zero-order chi connectivity index (χ0) is 22.5. The lowest BCUT2D eigenvalue weighted by Gasteiger charge is -2.10. The van der Waals surface area contributed by atoms with Crippen molar-refractivity contribution >= 4 is 23.4 Å². The highest BCUT2D eigenvalue weighted by atomic mass is 32.2. The molecule has 6 nitrogen and oxygen atoms in total. The summed E-state index contributed by atoms with van der Waals surface area (Å²) in [5.41, 5.74) is 4.20. The molecule has 0 unspecified atom stereocenters. The standard InChI is InChI=1S/C25H23N3O3S/c1-16-6-4-7-21(14-16)30-20-11-9-19(10-12-20)27-24(29)22-8-5-13-26-25(22)32-15-23-17(2)28-31-18(23)3/h4-14H,15H2,1-3H3,(H,27,29). The first-order valence-corrected chi connectivity index (χ1v) is 11.1. The SMILES string of the molecule is Cc1cccc(Oc2ccc(NC(=O)c3cccnc3SCc3c(C)noc3C)cc2)c1. The average Bonchev–Trinajstić information content (AvgIpc) is 3.11. The summed E-state index contributed by atoms with van der Waals surface area (Å²) in [6, 6.07) is 18.7. The van der Waals surface area contributed by atoms with Crippen molar-refractivity contribution in [1.82, 2.24) is 10.1 Å². The Morgan fingerprint density at radius 1 is 1.03 bits per heavy atom. The van der Waals surface area contributed by atoms with Gasteiger partial charge >= 0.3 is 0 Å². The first-order chi connectivity index (χ1) is 15.5. The Kier molecular flexibility index (Phi) is 6.56. The van der Waals surface area contributed by atoms with Gasteiger partial charge in [0.25, 0.3) is 5.91 Å². The molecule has 0 aliphatic heterocycles. The lowest BCUT2D eigenvalue weighted by molar-refractivity contribution is 0.102. The van der Waals surface area contributed by atoms with Crippen molar-refractivity contribution < 1.29 is 14.1 Å². The van der Waals surface area contributed by atoms with Crippen molar-refractivity contribution in [3.8, 4) is 11.5 Å². The van der Waals surface area contributed by atoms with E-state index in [1.807, 2.05) is 69.3 Å². The van der Waals surface area contributed by atoms with Gasteiger partial charge < -0.3 is 14.6 Å². The van der Waals surface area contributed by atoms with Crippen molar-refractivity contribution in [3.05, 3.63) is 95.0 Å². The quantitative estimate of drug-likeness (QED) is 0.335. The van der Waals surface area contributed by atoms with Crippen LogP contribution in [0.3, 0.4) is 0 Å². The van der Waals surface area contributed by atoms with E-state index in [0.29, 0.717) is 27.8 Å². The molecule has 4 aromatic rings. The fraction of sp³-hybridized carbons (Fsp3) is 0.160. The molecular formula is C25H23N3O3S. The van der Waals surface area contributed by atoms with Crippen molar-refractivity contribution in [2.45, 2.75) is 31.6 Å². The van der Waals surface area contributed by atoms with Crippen LogP contribution in [0.25, 0.3) is 0 Å². The monoisotopic (exact) mass is 445 g/mol. The number of carbonyl (C=O) groups is 1. The van der Waals surface area contributed by atoms with Gasteiger partial charge in [-0.3, -0.25) is 4.79 Å². The van der Waals surface area contributed by atoms with Crippen LogP contribution in [0.2, 0.25) is 0 Å². The molecule has 0 radical (unpaired) electrons. The Morgan fingerprint density at radius 2 is 1.84 bits per heavy atom. The first-order valence-electron chi connectivity index (χ1n) is 10.1. The summed E-state index contributed by atoms with van der Waals surface area (Å²) in [6.07, 6.45) is 1.68. The predicted molar refractivity (Wildman–Crippen MR) is 125 cm³/mol. The summed E-state index contributed by atoms with van der Waals surface area (Å²) in [5.74, 6) is 2.67. The molecule has 2 heterocycles. The number of rotatable bonds is 7. The average molecular weight is 446 g/mol. The maximum atomic E-state index is 12.9. The third kappa shape index (κ3) is 5.18. The molecule has 0 saturated heterocycles. The minimum Gasteiger partial charge on any atom is -0.457 e. The van der Waals surface area contributed by atoms with Gasteiger partial charge in [-0.1, -0.05) is 17.3 Å². The normalized spacial score (nSPS) is 10.7. The summed E-state index contributed by atoms with van der Waals surface area (Å²) in [6.45, 7) is 5.81. The number of hydrogen-bond donors (Lipinski definition) is 1. The molecular weight excluding hydrogens is 422 g/mol. The molecule has 0 aliphatic rings. The Hall–Kier alpha value is -3.58. The minimum atomic E-state index is -0.216. The molecule has 2 aromatic heterocycles. The Morgan fingerprint density at radius 3 is 2.56 bits per heavy atom. The van der Waals surface area contributed by atoms with Gasteiger partial charge in [0, 0.05) is 23.2 Å². The predicted octanol–water partition coefficient (Wildman–Crippen LogP) is 6.33. The molecule has 1 amide bonds. The van der Waals surface area contributed by atoms with Gasteiger partial charge in [-0.25, -0.2) is 4.98 Å². The number of benzene rings is 2. The molecule has 0 bridgehead atoms. The van der Waals surface area contributed by atoms with Gasteiger partial charge in [0.05, 0.1) is 11.3 Å². The molecule has 0 aliphatic carbocycles. The summed E-state index contributed by atoms with van der Waals surface area (Å²) in [7, 11) is 0. The maximum Gasteiger partial charge on any atom is 0.258 e. The van der Waals surface area contributed by atoms with Gasteiger partial charge in [0.1, 0.15) is 22.3 Å². The van der Waals surface area contributed by atoms with E-state index < -0.39 is 0 Å². The van der Waals surface area contributed by atoms with E-state index in [2.05, 4.69) is 15.5 Å². The number of pyridine rings is 1. The lowest BCUT2D eigenvalue weighted by Crippen LogP contribution is -2.13. The highest BCUT2D eigenvalue weighted by Gasteiger charge is 2.16. The molecule has 32 heavy (non-hydrogen) atoms. The number of nitrogens with zero attached hydrogens (tertiary/aromatic N) is 2. The fourth-order valence-electron chi connectivity index (χ4n) is 3.15. The van der Waals surface area contributed by atoms with Crippen LogP contribution in [0.4, 0.5) is 5.69 Å². The smallest absolute Gasteiger partial charge is 0.258 e. The highest BCUT2D eigenvalue weighted by molar-refractivity contribution is 7.98. The Labute approximate surface area is 191 Å². The fourth-order valence-corrected chi connectivity index (χ4v) is 4.29. The highest BCUT2D eigenvalue weighted by Crippen LogP contribution is 2.28. The van der Waals surface area contributed by atoms with Crippen molar-refractivity contribution in [1.29, 1.82) is 0 Å². The van der Waals surface area contributed by atoms with E-state index in [4.69, 9.17) is 9.26 Å². The minimum absolute atomic E-state index is 0.216. The van der Waals surface area contributed by atoms with Crippen LogP contribution in [0, 0.1) is 20.8 Å². The molecule has 2 aromatic carbocycles. The van der Waals surface area contributed by atoms with Crippen molar-refractivity contribution in [2.75, 3.05) is 5.32 Å². The lowest BCUT2D eigenvalue weighted by atomic mass is 10.2. The van der Waals surface area contributed by atoms with Gasteiger partial charge in [-0.05, 0) is 74.9 Å². The maximum absolute atomic E-state index is 12.9. The van der Waals surface area contributed by atoms with Gasteiger partial charge in [-0.15, -0.1) is 11.8 Å². The molecule has 4 rings (SSSR count). The van der Waals surface area contributed by atoms with Crippen LogP contribution in [0.5, 0.6) is 11.5 Å². The molecule has 1 N–H and O–H groups in total. The molecule has 0 saturated carbocycles. The molecule has 0 atom stereocenters. The molecule has 7 heteroatoms. The number of nitrogens with one attached hydrogen (secondary N) is 1. The number of amides is 1. The van der Waals surface area contributed by atoms with Crippen LogP contribution >= 0.6 is 11.8 Å². The van der Waals surface area contributed by atoms with Crippen molar-refractivity contribution in [3.63, 3.8) is 0 Å². The molecule has 162 valence electrons. The second kappa shape index (κ2) is 9.70. The second-order valence-electron chi connectivity index (χ2n) is 7.34. The summed E-state index contributed by atoms with van der Waals surface area (Å²) in [5, 5.41) is 7.57. The molecule has 0 spiro atoms.